The van der Waals surface area contributed by atoms with Gasteiger partial charge in [0.2, 0.25) is 0 Å². The molecular formula is C18H19NO5. The third kappa shape index (κ3) is 4.25. The number of carboxylic acids is 1. The van der Waals surface area contributed by atoms with E-state index in [4.69, 9.17) is 14.6 Å². The van der Waals surface area contributed by atoms with E-state index in [1.54, 1.807) is 42.5 Å². The van der Waals surface area contributed by atoms with Crippen molar-refractivity contribution in [2.24, 2.45) is 0 Å². The number of methoxy groups -OCH3 is 2. The van der Waals surface area contributed by atoms with Gasteiger partial charge < -0.3 is 19.9 Å². The van der Waals surface area contributed by atoms with Gasteiger partial charge in [0.15, 0.2) is 0 Å². The Kier molecular flexibility index (Phi) is 5.78. The predicted molar refractivity (Wildman–Crippen MR) is 88.4 cm³/mol. The van der Waals surface area contributed by atoms with Crippen LogP contribution in [0.15, 0.2) is 48.5 Å². The van der Waals surface area contributed by atoms with Crippen LogP contribution < -0.4 is 14.8 Å². The molecule has 0 saturated carbocycles. The molecule has 0 aromatic heterocycles. The third-order valence-electron chi connectivity index (χ3n) is 3.54. The molecule has 0 heterocycles. The van der Waals surface area contributed by atoms with Crippen molar-refractivity contribution in [1.82, 2.24) is 5.32 Å². The summed E-state index contributed by atoms with van der Waals surface area (Å²) in [7, 11) is 2.98. The first kappa shape index (κ1) is 17.3. The lowest BCUT2D eigenvalue weighted by molar-refractivity contribution is -0.137. The molecule has 2 aromatic rings. The maximum Gasteiger partial charge on any atom is 0.305 e. The smallest absolute Gasteiger partial charge is 0.305 e. The molecule has 0 radical (unpaired) electrons. The summed E-state index contributed by atoms with van der Waals surface area (Å²) in [5.41, 5.74) is 1.03. The van der Waals surface area contributed by atoms with Gasteiger partial charge in [0, 0.05) is 6.07 Å². The fraction of sp³-hybridized carbons (Fsp3) is 0.222. The molecule has 0 fully saturated rings. The number of hydrogen-bond acceptors (Lipinski definition) is 4. The first-order chi connectivity index (χ1) is 11.5. The molecule has 6 nitrogen and oxygen atoms in total. The van der Waals surface area contributed by atoms with Crippen molar-refractivity contribution in [2.75, 3.05) is 14.2 Å². The topological polar surface area (TPSA) is 84.9 Å². The number of amides is 1. The molecule has 1 atom stereocenters. The van der Waals surface area contributed by atoms with Crippen molar-refractivity contribution in [1.29, 1.82) is 0 Å². The van der Waals surface area contributed by atoms with Gasteiger partial charge in [-0.25, -0.2) is 0 Å². The molecule has 0 saturated heterocycles. The fourth-order valence-electron chi connectivity index (χ4n) is 2.33. The van der Waals surface area contributed by atoms with Crippen molar-refractivity contribution in [3.63, 3.8) is 0 Å². The minimum Gasteiger partial charge on any atom is -0.497 e. The number of ether oxygens (including phenoxy) is 2. The van der Waals surface area contributed by atoms with Gasteiger partial charge in [-0.3, -0.25) is 9.59 Å². The number of carboxylic acid groups (broad SMARTS) is 1. The second-order valence-corrected chi connectivity index (χ2v) is 5.10. The highest BCUT2D eigenvalue weighted by Crippen LogP contribution is 2.26. The average Bonchev–Trinajstić information content (AvgIpc) is 2.60. The molecule has 2 N–H and O–H groups in total. The third-order valence-corrected chi connectivity index (χ3v) is 3.54. The van der Waals surface area contributed by atoms with E-state index in [1.807, 2.05) is 6.07 Å². The second-order valence-electron chi connectivity index (χ2n) is 5.10. The Morgan fingerprint density at radius 1 is 1.08 bits per heavy atom. The van der Waals surface area contributed by atoms with Crippen LogP contribution in [0.5, 0.6) is 11.5 Å². The molecular weight excluding hydrogens is 310 g/mol. The zero-order chi connectivity index (χ0) is 17.5. The summed E-state index contributed by atoms with van der Waals surface area (Å²) < 4.78 is 10.3. The maximum atomic E-state index is 12.6. The van der Waals surface area contributed by atoms with Crippen LogP contribution in [0.3, 0.4) is 0 Å². The van der Waals surface area contributed by atoms with Crippen LogP contribution in [0, 0.1) is 0 Å². The van der Waals surface area contributed by atoms with E-state index in [-0.39, 0.29) is 6.42 Å². The molecule has 1 unspecified atom stereocenters. The molecule has 0 bridgehead atoms. The van der Waals surface area contributed by atoms with E-state index in [9.17, 15) is 9.59 Å². The molecule has 2 aromatic carbocycles. The van der Waals surface area contributed by atoms with Crippen molar-refractivity contribution < 1.29 is 24.2 Å². The summed E-state index contributed by atoms with van der Waals surface area (Å²) >= 11 is 0. The van der Waals surface area contributed by atoms with Crippen LogP contribution >= 0.6 is 0 Å². The van der Waals surface area contributed by atoms with Gasteiger partial charge >= 0.3 is 5.97 Å². The number of benzene rings is 2. The summed E-state index contributed by atoms with van der Waals surface area (Å²) in [5.74, 6) is -0.488. The van der Waals surface area contributed by atoms with E-state index in [0.717, 1.165) is 5.56 Å². The number of rotatable bonds is 7. The molecule has 126 valence electrons. The Morgan fingerprint density at radius 2 is 1.79 bits per heavy atom. The SMILES string of the molecule is COc1ccc(C(=O)NC(CC(=O)O)c2ccccc2)c(OC)c1. The van der Waals surface area contributed by atoms with E-state index < -0.39 is 17.9 Å². The number of hydrogen-bond donors (Lipinski definition) is 2. The first-order valence-corrected chi connectivity index (χ1v) is 7.34. The van der Waals surface area contributed by atoms with E-state index in [1.165, 1.54) is 14.2 Å². The van der Waals surface area contributed by atoms with Crippen LogP contribution in [0.1, 0.15) is 28.4 Å². The molecule has 24 heavy (non-hydrogen) atoms. The Morgan fingerprint density at radius 3 is 2.38 bits per heavy atom. The standard InChI is InChI=1S/C18H19NO5/c1-23-13-8-9-14(16(10-13)24-2)18(22)19-15(11-17(20)21)12-6-4-3-5-7-12/h3-10,15H,11H2,1-2H3,(H,19,22)(H,20,21). The number of aliphatic carboxylic acids is 1. The highest BCUT2D eigenvalue weighted by molar-refractivity contribution is 5.97. The van der Waals surface area contributed by atoms with Crippen molar-refractivity contribution in [2.45, 2.75) is 12.5 Å². The van der Waals surface area contributed by atoms with Crippen LogP contribution in [0.4, 0.5) is 0 Å². The Bertz CT molecular complexity index is 715. The lowest BCUT2D eigenvalue weighted by Crippen LogP contribution is -2.30. The molecule has 1 amide bonds. The molecule has 0 aliphatic carbocycles. The van der Waals surface area contributed by atoms with Crippen molar-refractivity contribution in [3.05, 3.63) is 59.7 Å². The van der Waals surface area contributed by atoms with Crippen molar-refractivity contribution in [3.8, 4) is 11.5 Å². The monoisotopic (exact) mass is 329 g/mol. The van der Waals surface area contributed by atoms with E-state index >= 15 is 0 Å². The summed E-state index contributed by atoms with van der Waals surface area (Å²) in [5, 5.41) is 11.9. The molecule has 0 aliphatic rings. The molecule has 6 heteroatoms. The van der Waals surface area contributed by atoms with Gasteiger partial charge in [0.25, 0.3) is 5.91 Å². The minimum absolute atomic E-state index is 0.214. The van der Waals surface area contributed by atoms with Gasteiger partial charge in [0.05, 0.1) is 32.2 Å². The lowest BCUT2D eigenvalue weighted by Gasteiger charge is -2.18. The Hall–Kier alpha value is -3.02. The lowest BCUT2D eigenvalue weighted by atomic mass is 10.0. The van der Waals surface area contributed by atoms with Gasteiger partial charge in [-0.1, -0.05) is 30.3 Å². The zero-order valence-corrected chi connectivity index (χ0v) is 13.5. The van der Waals surface area contributed by atoms with Gasteiger partial charge in [0.1, 0.15) is 11.5 Å². The van der Waals surface area contributed by atoms with Crippen LogP contribution in [0.2, 0.25) is 0 Å². The second kappa shape index (κ2) is 8.01. The highest BCUT2D eigenvalue weighted by Gasteiger charge is 2.21. The van der Waals surface area contributed by atoms with Crippen LogP contribution in [0.25, 0.3) is 0 Å². The molecule has 2 rings (SSSR count). The normalized spacial score (nSPS) is 11.4. The number of nitrogens with one attached hydrogen (secondary N) is 1. The summed E-state index contributed by atoms with van der Waals surface area (Å²) in [4.78, 5) is 23.7. The van der Waals surface area contributed by atoms with Crippen LogP contribution in [-0.2, 0) is 4.79 Å². The van der Waals surface area contributed by atoms with Gasteiger partial charge in [-0.2, -0.15) is 0 Å². The zero-order valence-electron chi connectivity index (χ0n) is 13.5. The molecule has 0 aliphatic heterocycles. The summed E-state index contributed by atoms with van der Waals surface area (Å²) in [6.07, 6.45) is -0.214. The Balaban J connectivity index is 2.26. The minimum atomic E-state index is -0.995. The van der Waals surface area contributed by atoms with E-state index in [0.29, 0.717) is 17.1 Å². The summed E-state index contributed by atoms with van der Waals surface area (Å²) in [6, 6.07) is 13.2. The van der Waals surface area contributed by atoms with E-state index in [2.05, 4.69) is 5.32 Å². The predicted octanol–water partition coefficient (Wildman–Crippen LogP) is 2.65. The molecule has 0 spiro atoms. The summed E-state index contributed by atoms with van der Waals surface area (Å²) in [6.45, 7) is 0. The first-order valence-electron chi connectivity index (χ1n) is 7.34. The largest absolute Gasteiger partial charge is 0.497 e. The van der Waals surface area contributed by atoms with Gasteiger partial charge in [-0.15, -0.1) is 0 Å². The fourth-order valence-corrected chi connectivity index (χ4v) is 2.33. The quantitative estimate of drug-likeness (QED) is 0.816. The Labute approximate surface area is 140 Å². The number of carbonyl (C=O) groups excluding carboxylic acids is 1. The number of carbonyl (C=O) groups is 2. The maximum absolute atomic E-state index is 12.6. The van der Waals surface area contributed by atoms with Crippen LogP contribution in [-0.4, -0.2) is 31.2 Å². The highest BCUT2D eigenvalue weighted by atomic mass is 16.5. The van der Waals surface area contributed by atoms with Gasteiger partial charge in [-0.05, 0) is 17.7 Å². The average molecular weight is 329 g/mol. The van der Waals surface area contributed by atoms with Crippen molar-refractivity contribution >= 4 is 11.9 Å².